The predicted octanol–water partition coefficient (Wildman–Crippen LogP) is 2.22. The van der Waals surface area contributed by atoms with Gasteiger partial charge in [-0.2, -0.15) is 0 Å². The maximum atomic E-state index is 11.4. The van der Waals surface area contributed by atoms with Crippen LogP contribution in [0.4, 0.5) is 0 Å². The third-order valence-corrected chi connectivity index (χ3v) is 2.75. The first kappa shape index (κ1) is 14.0. The SMILES string of the molecule is CC(C)COC(=O)CSc1n[nH]c(C(C)C)n1. The number of nitrogens with one attached hydrogen (secondary N) is 1. The summed E-state index contributed by atoms with van der Waals surface area (Å²) in [5.74, 6) is 1.54. The Morgan fingerprint density at radius 3 is 2.65 bits per heavy atom. The molecule has 1 aromatic rings. The predicted molar refractivity (Wildman–Crippen MR) is 67.0 cm³/mol. The molecule has 0 atom stereocenters. The first-order valence-corrected chi connectivity index (χ1v) is 6.68. The van der Waals surface area contributed by atoms with Crippen LogP contribution in [-0.2, 0) is 9.53 Å². The highest BCUT2D eigenvalue weighted by Gasteiger charge is 2.10. The zero-order chi connectivity index (χ0) is 12.8. The lowest BCUT2D eigenvalue weighted by Gasteiger charge is -2.05. The van der Waals surface area contributed by atoms with Gasteiger partial charge in [-0.3, -0.25) is 9.89 Å². The minimum Gasteiger partial charge on any atom is -0.465 e. The first-order chi connectivity index (χ1) is 7.99. The summed E-state index contributed by atoms with van der Waals surface area (Å²) in [7, 11) is 0. The number of esters is 1. The van der Waals surface area contributed by atoms with Gasteiger partial charge in [0.25, 0.3) is 0 Å². The van der Waals surface area contributed by atoms with E-state index >= 15 is 0 Å². The van der Waals surface area contributed by atoms with Crippen molar-refractivity contribution in [2.75, 3.05) is 12.4 Å². The Bertz CT molecular complexity index is 363. The van der Waals surface area contributed by atoms with E-state index in [-0.39, 0.29) is 11.7 Å². The number of thioether (sulfide) groups is 1. The van der Waals surface area contributed by atoms with E-state index in [4.69, 9.17) is 4.74 Å². The Morgan fingerprint density at radius 1 is 1.41 bits per heavy atom. The van der Waals surface area contributed by atoms with Crippen molar-refractivity contribution in [1.82, 2.24) is 15.2 Å². The summed E-state index contributed by atoms with van der Waals surface area (Å²) in [6.07, 6.45) is 0. The second kappa shape index (κ2) is 6.64. The van der Waals surface area contributed by atoms with E-state index in [1.165, 1.54) is 11.8 Å². The smallest absolute Gasteiger partial charge is 0.316 e. The molecule has 0 unspecified atom stereocenters. The summed E-state index contributed by atoms with van der Waals surface area (Å²) in [5, 5.41) is 7.46. The van der Waals surface area contributed by atoms with Gasteiger partial charge in [0.15, 0.2) is 0 Å². The zero-order valence-electron chi connectivity index (χ0n) is 10.7. The lowest BCUT2D eigenvalue weighted by Crippen LogP contribution is -2.11. The molecule has 0 bridgehead atoms. The van der Waals surface area contributed by atoms with E-state index < -0.39 is 0 Å². The zero-order valence-corrected chi connectivity index (χ0v) is 11.5. The molecular weight excluding hydrogens is 238 g/mol. The summed E-state index contributed by atoms with van der Waals surface area (Å²) in [6, 6.07) is 0. The number of carbonyl (C=O) groups excluding carboxylic acids is 1. The summed E-state index contributed by atoms with van der Waals surface area (Å²) < 4.78 is 5.05. The third-order valence-electron chi connectivity index (χ3n) is 1.93. The molecule has 1 N–H and O–H groups in total. The fraction of sp³-hybridized carbons (Fsp3) is 0.727. The molecule has 1 aromatic heterocycles. The molecule has 1 heterocycles. The van der Waals surface area contributed by atoms with Crippen LogP contribution >= 0.6 is 11.8 Å². The molecule has 0 aliphatic rings. The maximum absolute atomic E-state index is 11.4. The van der Waals surface area contributed by atoms with Gasteiger partial charge in [0.1, 0.15) is 5.82 Å². The molecule has 1 rings (SSSR count). The lowest BCUT2D eigenvalue weighted by atomic mass is 10.2. The Balaban J connectivity index is 2.32. The van der Waals surface area contributed by atoms with Gasteiger partial charge in [0.05, 0.1) is 12.4 Å². The van der Waals surface area contributed by atoms with Gasteiger partial charge in [0.2, 0.25) is 5.16 Å². The number of nitrogens with zero attached hydrogens (tertiary/aromatic N) is 2. The second-order valence-corrected chi connectivity index (χ2v) is 5.47. The van der Waals surface area contributed by atoms with Gasteiger partial charge in [-0.05, 0) is 5.92 Å². The van der Waals surface area contributed by atoms with Crippen LogP contribution in [0, 0.1) is 5.92 Å². The highest BCUT2D eigenvalue weighted by atomic mass is 32.2. The molecular formula is C11H19N3O2S. The van der Waals surface area contributed by atoms with Crippen molar-refractivity contribution in [2.45, 2.75) is 38.8 Å². The fourth-order valence-corrected chi connectivity index (χ4v) is 1.61. The van der Waals surface area contributed by atoms with Crippen molar-refractivity contribution in [2.24, 2.45) is 5.92 Å². The van der Waals surface area contributed by atoms with Crippen LogP contribution in [0.15, 0.2) is 5.16 Å². The van der Waals surface area contributed by atoms with Gasteiger partial charge in [-0.25, -0.2) is 4.98 Å². The van der Waals surface area contributed by atoms with Gasteiger partial charge in [-0.1, -0.05) is 39.5 Å². The van der Waals surface area contributed by atoms with Crippen LogP contribution in [-0.4, -0.2) is 33.5 Å². The van der Waals surface area contributed by atoms with E-state index in [1.807, 2.05) is 27.7 Å². The molecule has 0 saturated heterocycles. The van der Waals surface area contributed by atoms with Crippen molar-refractivity contribution < 1.29 is 9.53 Å². The lowest BCUT2D eigenvalue weighted by molar-refractivity contribution is -0.141. The normalized spacial score (nSPS) is 11.2. The highest BCUT2D eigenvalue weighted by molar-refractivity contribution is 7.99. The number of H-pyrrole nitrogens is 1. The minimum absolute atomic E-state index is 0.223. The Kier molecular flexibility index (Phi) is 5.47. The molecule has 96 valence electrons. The van der Waals surface area contributed by atoms with Crippen molar-refractivity contribution in [1.29, 1.82) is 0 Å². The van der Waals surface area contributed by atoms with Crippen molar-refractivity contribution in [3.63, 3.8) is 0 Å². The molecule has 0 saturated carbocycles. The quantitative estimate of drug-likeness (QED) is 0.625. The molecule has 6 heteroatoms. The molecule has 0 fully saturated rings. The molecule has 0 amide bonds. The summed E-state index contributed by atoms with van der Waals surface area (Å²) in [6.45, 7) is 8.54. The van der Waals surface area contributed by atoms with Crippen LogP contribution in [0.25, 0.3) is 0 Å². The molecule has 0 aromatic carbocycles. The van der Waals surface area contributed by atoms with Gasteiger partial charge in [-0.15, -0.1) is 5.10 Å². The molecule has 0 aliphatic heterocycles. The van der Waals surface area contributed by atoms with E-state index in [0.29, 0.717) is 23.6 Å². The van der Waals surface area contributed by atoms with Crippen molar-refractivity contribution >= 4 is 17.7 Å². The van der Waals surface area contributed by atoms with Crippen LogP contribution in [0.2, 0.25) is 0 Å². The first-order valence-electron chi connectivity index (χ1n) is 5.69. The summed E-state index contributed by atoms with van der Waals surface area (Å²) >= 11 is 1.29. The third kappa shape index (κ3) is 5.21. The highest BCUT2D eigenvalue weighted by Crippen LogP contribution is 2.16. The number of aromatic amines is 1. The number of carbonyl (C=O) groups is 1. The van der Waals surface area contributed by atoms with E-state index in [1.54, 1.807) is 0 Å². The summed E-state index contributed by atoms with van der Waals surface area (Å²) in [5.41, 5.74) is 0. The number of aromatic nitrogens is 3. The topological polar surface area (TPSA) is 67.9 Å². The Hall–Kier alpha value is -1.04. The number of rotatable bonds is 6. The Morgan fingerprint density at radius 2 is 2.12 bits per heavy atom. The van der Waals surface area contributed by atoms with Crippen LogP contribution in [0.1, 0.15) is 39.4 Å². The second-order valence-electron chi connectivity index (χ2n) is 4.52. The van der Waals surface area contributed by atoms with Gasteiger partial charge < -0.3 is 4.74 Å². The molecule has 17 heavy (non-hydrogen) atoms. The van der Waals surface area contributed by atoms with Crippen LogP contribution in [0.3, 0.4) is 0 Å². The van der Waals surface area contributed by atoms with Crippen LogP contribution in [0.5, 0.6) is 0 Å². The molecule has 5 nitrogen and oxygen atoms in total. The molecule has 0 radical (unpaired) electrons. The molecule has 0 spiro atoms. The largest absolute Gasteiger partial charge is 0.465 e. The van der Waals surface area contributed by atoms with Crippen LogP contribution < -0.4 is 0 Å². The fourth-order valence-electron chi connectivity index (χ4n) is 1.01. The van der Waals surface area contributed by atoms with Gasteiger partial charge >= 0.3 is 5.97 Å². The van der Waals surface area contributed by atoms with Crippen molar-refractivity contribution in [3.8, 4) is 0 Å². The monoisotopic (exact) mass is 257 g/mol. The van der Waals surface area contributed by atoms with E-state index in [9.17, 15) is 4.79 Å². The average molecular weight is 257 g/mol. The number of hydrogen-bond donors (Lipinski definition) is 1. The van der Waals surface area contributed by atoms with E-state index in [0.717, 1.165) is 5.82 Å². The minimum atomic E-state index is -0.223. The number of ether oxygens (including phenoxy) is 1. The number of hydrogen-bond acceptors (Lipinski definition) is 5. The average Bonchev–Trinajstić information content (AvgIpc) is 2.72. The van der Waals surface area contributed by atoms with Gasteiger partial charge in [0, 0.05) is 5.92 Å². The maximum Gasteiger partial charge on any atom is 0.316 e. The Labute approximate surface area is 106 Å². The standard InChI is InChI=1S/C11H19N3O2S/c1-7(2)5-16-9(15)6-17-11-12-10(8(3)4)13-14-11/h7-8H,5-6H2,1-4H3,(H,12,13,14). The van der Waals surface area contributed by atoms with Crippen molar-refractivity contribution in [3.05, 3.63) is 5.82 Å². The summed E-state index contributed by atoms with van der Waals surface area (Å²) in [4.78, 5) is 15.6. The molecule has 0 aliphatic carbocycles. The van der Waals surface area contributed by atoms with E-state index in [2.05, 4.69) is 15.2 Å².